The van der Waals surface area contributed by atoms with E-state index in [2.05, 4.69) is 9.97 Å². The number of hydrogen-bond acceptors (Lipinski definition) is 6. The number of rotatable bonds is 6. The summed E-state index contributed by atoms with van der Waals surface area (Å²) in [5.41, 5.74) is 6.17. The van der Waals surface area contributed by atoms with Gasteiger partial charge < -0.3 is 19.9 Å². The third kappa shape index (κ3) is 3.74. The number of hydrogen-bond donors (Lipinski definition) is 1. The summed E-state index contributed by atoms with van der Waals surface area (Å²) < 4.78 is 43.6. The molecular formula is C17H15F2N3O3. The molecule has 2 heterocycles. The highest BCUT2D eigenvalue weighted by Crippen LogP contribution is 2.33. The lowest BCUT2D eigenvalue weighted by Gasteiger charge is -2.11. The van der Waals surface area contributed by atoms with Crippen molar-refractivity contribution in [3.05, 3.63) is 48.3 Å². The van der Waals surface area contributed by atoms with E-state index in [-0.39, 0.29) is 11.4 Å². The molecular weight excluding hydrogens is 332 g/mol. The van der Waals surface area contributed by atoms with Crippen LogP contribution in [0.15, 0.2) is 36.7 Å². The average molecular weight is 347 g/mol. The van der Waals surface area contributed by atoms with Crippen molar-refractivity contribution in [1.29, 1.82) is 0 Å². The standard InChI is InChI=1S/C17H15F2N3O3/c1-23-4-5-24-11-8-14-16(22-9-11)15(2-3-21-14)25-17-12(18)6-10(20)7-13(17)19/h2-3,6-9H,4-5,20H2,1H3. The molecule has 0 radical (unpaired) electrons. The summed E-state index contributed by atoms with van der Waals surface area (Å²) in [6.45, 7) is 0.798. The Morgan fingerprint density at radius 3 is 2.56 bits per heavy atom. The first-order chi connectivity index (χ1) is 12.1. The maximum atomic E-state index is 13.9. The SMILES string of the molecule is COCCOc1cnc2c(Oc3c(F)cc(N)cc3F)ccnc2c1. The predicted molar refractivity (Wildman–Crippen MR) is 87.8 cm³/mol. The Morgan fingerprint density at radius 2 is 1.84 bits per heavy atom. The Bertz CT molecular complexity index is 882. The lowest BCUT2D eigenvalue weighted by molar-refractivity contribution is 0.146. The van der Waals surface area contributed by atoms with Crippen LogP contribution in [0, 0.1) is 11.6 Å². The molecule has 0 atom stereocenters. The summed E-state index contributed by atoms with van der Waals surface area (Å²) in [5, 5.41) is 0. The molecule has 1 aromatic carbocycles. The van der Waals surface area contributed by atoms with Gasteiger partial charge >= 0.3 is 0 Å². The average Bonchev–Trinajstić information content (AvgIpc) is 2.58. The molecule has 0 aliphatic rings. The zero-order chi connectivity index (χ0) is 17.8. The zero-order valence-corrected chi connectivity index (χ0v) is 13.3. The predicted octanol–water partition coefficient (Wildman–Crippen LogP) is 3.31. The van der Waals surface area contributed by atoms with Crippen molar-refractivity contribution in [3.8, 4) is 17.2 Å². The fraction of sp³-hybridized carbons (Fsp3) is 0.176. The van der Waals surface area contributed by atoms with Crippen LogP contribution in [0.1, 0.15) is 0 Å². The van der Waals surface area contributed by atoms with Gasteiger partial charge in [-0.25, -0.2) is 13.8 Å². The minimum atomic E-state index is -0.901. The Labute approximate surface area is 142 Å². The van der Waals surface area contributed by atoms with E-state index < -0.39 is 17.4 Å². The monoisotopic (exact) mass is 347 g/mol. The maximum absolute atomic E-state index is 13.9. The maximum Gasteiger partial charge on any atom is 0.198 e. The number of aromatic nitrogens is 2. The molecule has 3 aromatic rings. The molecule has 0 fully saturated rings. The third-order valence-electron chi connectivity index (χ3n) is 3.30. The smallest absolute Gasteiger partial charge is 0.198 e. The highest BCUT2D eigenvalue weighted by molar-refractivity contribution is 5.81. The van der Waals surface area contributed by atoms with E-state index in [0.717, 1.165) is 12.1 Å². The molecule has 2 aromatic heterocycles. The molecule has 0 amide bonds. The van der Waals surface area contributed by atoms with E-state index in [1.165, 1.54) is 18.5 Å². The second-order valence-electron chi connectivity index (χ2n) is 5.10. The number of ether oxygens (including phenoxy) is 3. The summed E-state index contributed by atoms with van der Waals surface area (Å²) in [5.74, 6) is -1.69. The van der Waals surface area contributed by atoms with Crippen molar-refractivity contribution < 1.29 is 23.0 Å². The van der Waals surface area contributed by atoms with Crippen molar-refractivity contribution in [2.24, 2.45) is 0 Å². The van der Waals surface area contributed by atoms with Crippen LogP contribution in [0.3, 0.4) is 0 Å². The number of methoxy groups -OCH3 is 1. The molecule has 0 aliphatic heterocycles. The lowest BCUT2D eigenvalue weighted by Crippen LogP contribution is -2.04. The van der Waals surface area contributed by atoms with Gasteiger partial charge in [0.15, 0.2) is 23.1 Å². The van der Waals surface area contributed by atoms with Crippen LogP contribution in [-0.2, 0) is 4.74 Å². The Morgan fingerprint density at radius 1 is 1.08 bits per heavy atom. The van der Waals surface area contributed by atoms with E-state index in [1.807, 2.05) is 0 Å². The van der Waals surface area contributed by atoms with Crippen LogP contribution in [0.4, 0.5) is 14.5 Å². The lowest BCUT2D eigenvalue weighted by atomic mass is 10.2. The number of halogens is 2. The van der Waals surface area contributed by atoms with Crippen LogP contribution < -0.4 is 15.2 Å². The Kier molecular flexibility index (Phi) is 4.90. The van der Waals surface area contributed by atoms with Crippen LogP contribution >= 0.6 is 0 Å². The van der Waals surface area contributed by atoms with Gasteiger partial charge in [0.2, 0.25) is 0 Å². The molecule has 0 spiro atoms. The second-order valence-corrected chi connectivity index (χ2v) is 5.10. The summed E-state index contributed by atoms with van der Waals surface area (Å²) in [4.78, 5) is 8.38. The van der Waals surface area contributed by atoms with E-state index in [4.69, 9.17) is 19.9 Å². The quantitative estimate of drug-likeness (QED) is 0.544. The summed E-state index contributed by atoms with van der Waals surface area (Å²) >= 11 is 0. The van der Waals surface area contributed by atoms with Crippen molar-refractivity contribution >= 4 is 16.7 Å². The van der Waals surface area contributed by atoms with Gasteiger partial charge in [0.05, 0.1) is 18.3 Å². The van der Waals surface area contributed by atoms with Gasteiger partial charge in [-0.1, -0.05) is 0 Å². The first-order valence-electron chi connectivity index (χ1n) is 7.37. The van der Waals surface area contributed by atoms with Crippen molar-refractivity contribution in [2.45, 2.75) is 0 Å². The van der Waals surface area contributed by atoms with Crippen LogP contribution in [0.5, 0.6) is 17.2 Å². The number of fused-ring (bicyclic) bond motifs is 1. The van der Waals surface area contributed by atoms with Crippen molar-refractivity contribution in [2.75, 3.05) is 26.1 Å². The topological polar surface area (TPSA) is 79.5 Å². The highest BCUT2D eigenvalue weighted by Gasteiger charge is 2.15. The van der Waals surface area contributed by atoms with Crippen LogP contribution in [0.2, 0.25) is 0 Å². The molecule has 6 nitrogen and oxygen atoms in total. The first-order valence-corrected chi connectivity index (χ1v) is 7.37. The van der Waals surface area contributed by atoms with Gasteiger partial charge in [-0.2, -0.15) is 0 Å². The minimum absolute atomic E-state index is 0.0297. The van der Waals surface area contributed by atoms with E-state index in [9.17, 15) is 8.78 Å². The van der Waals surface area contributed by atoms with E-state index >= 15 is 0 Å². The molecule has 2 N–H and O–H groups in total. The van der Waals surface area contributed by atoms with Crippen molar-refractivity contribution in [3.63, 3.8) is 0 Å². The summed E-state index contributed by atoms with van der Waals surface area (Å²) in [6.07, 6.45) is 2.92. The minimum Gasteiger partial charge on any atom is -0.489 e. The molecule has 0 unspecified atom stereocenters. The Balaban J connectivity index is 1.92. The summed E-state index contributed by atoms with van der Waals surface area (Å²) in [6, 6.07) is 5.09. The Hall–Kier alpha value is -3.00. The molecule has 0 saturated heterocycles. The molecule has 0 aliphatic carbocycles. The molecule has 0 saturated carbocycles. The van der Waals surface area contributed by atoms with Gasteiger partial charge in [-0.3, -0.25) is 4.98 Å². The molecule has 3 rings (SSSR count). The molecule has 8 heteroatoms. The van der Waals surface area contributed by atoms with E-state index in [1.54, 1.807) is 13.2 Å². The molecule has 130 valence electrons. The largest absolute Gasteiger partial charge is 0.489 e. The number of anilines is 1. The number of benzene rings is 1. The third-order valence-corrected chi connectivity index (χ3v) is 3.30. The number of pyridine rings is 2. The highest BCUT2D eigenvalue weighted by atomic mass is 19.1. The second kappa shape index (κ2) is 7.27. The van der Waals surface area contributed by atoms with Gasteiger partial charge in [0, 0.05) is 43.3 Å². The number of nitrogens with two attached hydrogens (primary N) is 1. The molecule has 0 bridgehead atoms. The molecule has 25 heavy (non-hydrogen) atoms. The number of nitrogens with zero attached hydrogens (tertiary/aromatic N) is 2. The van der Waals surface area contributed by atoms with Crippen LogP contribution in [0.25, 0.3) is 11.0 Å². The van der Waals surface area contributed by atoms with Gasteiger partial charge in [-0.15, -0.1) is 0 Å². The van der Waals surface area contributed by atoms with Gasteiger partial charge in [0.25, 0.3) is 0 Å². The van der Waals surface area contributed by atoms with Crippen molar-refractivity contribution in [1.82, 2.24) is 9.97 Å². The van der Waals surface area contributed by atoms with Gasteiger partial charge in [-0.05, 0) is 0 Å². The van der Waals surface area contributed by atoms with Crippen LogP contribution in [-0.4, -0.2) is 30.3 Å². The normalized spacial score (nSPS) is 10.8. The van der Waals surface area contributed by atoms with Gasteiger partial charge in [0.1, 0.15) is 17.9 Å². The summed E-state index contributed by atoms with van der Waals surface area (Å²) in [7, 11) is 1.57. The fourth-order valence-corrected chi connectivity index (χ4v) is 2.18. The van der Waals surface area contributed by atoms with E-state index in [0.29, 0.717) is 30.0 Å². The first kappa shape index (κ1) is 16.8. The zero-order valence-electron chi connectivity index (χ0n) is 13.3. The fourth-order valence-electron chi connectivity index (χ4n) is 2.18. The number of nitrogen functional groups attached to an aromatic ring is 1.